The molecule has 2 atom stereocenters. The first-order valence-electron chi connectivity index (χ1n) is 6.96. The van der Waals surface area contributed by atoms with Gasteiger partial charge in [0.25, 0.3) is 0 Å². The molecule has 0 bridgehead atoms. The minimum Gasteiger partial charge on any atom is -0.491 e. The van der Waals surface area contributed by atoms with Crippen LogP contribution in [-0.4, -0.2) is 55.6 Å². The van der Waals surface area contributed by atoms with E-state index in [0.29, 0.717) is 24.6 Å². The van der Waals surface area contributed by atoms with E-state index in [1.54, 1.807) is 19.2 Å². The summed E-state index contributed by atoms with van der Waals surface area (Å²) in [5.74, 6) is 0.678. The van der Waals surface area contributed by atoms with Crippen molar-refractivity contribution in [3.8, 4) is 5.75 Å². The second-order valence-electron chi connectivity index (χ2n) is 4.93. The van der Waals surface area contributed by atoms with E-state index in [9.17, 15) is 5.11 Å². The molecule has 0 aromatic heterocycles. The number of benzene rings is 1. The number of nitrogen functional groups attached to an aromatic ring is 1. The van der Waals surface area contributed by atoms with Gasteiger partial charge in [-0.25, -0.2) is 0 Å². The van der Waals surface area contributed by atoms with Crippen LogP contribution < -0.4 is 10.5 Å². The third-order valence-electron chi connectivity index (χ3n) is 3.18. The van der Waals surface area contributed by atoms with Crippen molar-refractivity contribution in [3.63, 3.8) is 0 Å². The number of aliphatic hydroxyl groups is 1. The quantitative estimate of drug-likeness (QED) is 0.670. The molecule has 0 radical (unpaired) electrons. The molecule has 114 valence electrons. The van der Waals surface area contributed by atoms with Gasteiger partial charge in [0, 0.05) is 31.5 Å². The second-order valence-corrected chi connectivity index (χ2v) is 4.93. The van der Waals surface area contributed by atoms with Gasteiger partial charge in [-0.1, -0.05) is 13.0 Å². The molecule has 0 saturated carbocycles. The van der Waals surface area contributed by atoms with Crippen LogP contribution in [0, 0.1) is 0 Å². The van der Waals surface area contributed by atoms with Gasteiger partial charge in [-0.3, -0.25) is 4.90 Å². The molecule has 0 amide bonds. The number of likely N-dealkylation sites (N-methyl/N-ethyl adjacent to an activating group) is 1. The lowest BCUT2D eigenvalue weighted by Gasteiger charge is -2.29. The fourth-order valence-electron chi connectivity index (χ4n) is 2.09. The zero-order valence-corrected chi connectivity index (χ0v) is 12.6. The third-order valence-corrected chi connectivity index (χ3v) is 3.18. The molecule has 20 heavy (non-hydrogen) atoms. The lowest BCUT2D eigenvalue weighted by atomic mass is 10.2. The Morgan fingerprint density at radius 1 is 1.35 bits per heavy atom. The molecule has 1 aromatic rings. The molecule has 1 rings (SSSR count). The average molecular weight is 282 g/mol. The van der Waals surface area contributed by atoms with Crippen molar-refractivity contribution >= 4 is 5.69 Å². The summed E-state index contributed by atoms with van der Waals surface area (Å²) in [7, 11) is 1.68. The van der Waals surface area contributed by atoms with Crippen molar-refractivity contribution in [2.75, 3.05) is 39.1 Å². The molecule has 2 unspecified atom stereocenters. The molecule has 0 spiro atoms. The highest BCUT2D eigenvalue weighted by Gasteiger charge is 2.16. The zero-order chi connectivity index (χ0) is 15.0. The predicted octanol–water partition coefficient (Wildman–Crippen LogP) is 1.37. The average Bonchev–Trinajstić information content (AvgIpc) is 2.43. The SMILES string of the molecule is CCN(CC(O)COc1cccc(N)c1)C(C)COC. The maximum atomic E-state index is 10.1. The smallest absolute Gasteiger partial charge is 0.121 e. The highest BCUT2D eigenvalue weighted by Crippen LogP contribution is 2.14. The van der Waals surface area contributed by atoms with Crippen molar-refractivity contribution in [1.82, 2.24) is 4.90 Å². The zero-order valence-electron chi connectivity index (χ0n) is 12.6. The van der Waals surface area contributed by atoms with Crippen LogP contribution in [0.2, 0.25) is 0 Å². The molecule has 0 aliphatic rings. The van der Waals surface area contributed by atoms with E-state index in [1.165, 1.54) is 0 Å². The molecule has 0 aliphatic heterocycles. The largest absolute Gasteiger partial charge is 0.491 e. The van der Waals surface area contributed by atoms with Gasteiger partial charge in [-0.05, 0) is 25.6 Å². The van der Waals surface area contributed by atoms with Gasteiger partial charge in [0.2, 0.25) is 0 Å². The first kappa shape index (κ1) is 16.8. The summed E-state index contributed by atoms with van der Waals surface area (Å²) in [6, 6.07) is 7.48. The maximum Gasteiger partial charge on any atom is 0.121 e. The molecule has 0 fully saturated rings. The summed E-state index contributed by atoms with van der Waals surface area (Å²) in [5.41, 5.74) is 6.33. The molecular weight excluding hydrogens is 256 g/mol. The third kappa shape index (κ3) is 5.77. The van der Waals surface area contributed by atoms with E-state index in [1.807, 2.05) is 12.1 Å². The highest BCUT2D eigenvalue weighted by molar-refractivity contribution is 5.43. The van der Waals surface area contributed by atoms with Crippen LogP contribution in [0.1, 0.15) is 13.8 Å². The molecular formula is C15H26N2O3. The van der Waals surface area contributed by atoms with Crippen molar-refractivity contribution in [1.29, 1.82) is 0 Å². The van der Waals surface area contributed by atoms with Gasteiger partial charge in [0.1, 0.15) is 18.5 Å². The molecule has 0 heterocycles. The normalized spacial score (nSPS) is 14.2. The van der Waals surface area contributed by atoms with Crippen molar-refractivity contribution in [2.45, 2.75) is 26.0 Å². The number of nitrogens with zero attached hydrogens (tertiary/aromatic N) is 1. The summed E-state index contributed by atoms with van der Waals surface area (Å²) in [5, 5.41) is 10.1. The summed E-state index contributed by atoms with van der Waals surface area (Å²) >= 11 is 0. The standard InChI is InChI=1S/C15H26N2O3/c1-4-17(12(2)10-19-3)9-14(18)11-20-15-7-5-6-13(16)8-15/h5-8,12,14,18H,4,9-11,16H2,1-3H3. The Kier molecular flexibility index (Phi) is 7.36. The number of ether oxygens (including phenoxy) is 2. The van der Waals surface area contributed by atoms with Crippen molar-refractivity contribution in [2.24, 2.45) is 0 Å². The molecule has 0 saturated heterocycles. The van der Waals surface area contributed by atoms with E-state index in [0.717, 1.165) is 6.54 Å². The Bertz CT molecular complexity index is 387. The molecule has 3 N–H and O–H groups in total. The van der Waals surface area contributed by atoms with Crippen LogP contribution in [0.5, 0.6) is 5.75 Å². The first-order valence-corrected chi connectivity index (χ1v) is 6.96. The topological polar surface area (TPSA) is 68.0 Å². The van der Waals surface area contributed by atoms with Crippen LogP contribution in [-0.2, 0) is 4.74 Å². The minimum absolute atomic E-state index is 0.250. The van der Waals surface area contributed by atoms with E-state index in [2.05, 4.69) is 18.7 Å². The lowest BCUT2D eigenvalue weighted by Crippen LogP contribution is -2.42. The van der Waals surface area contributed by atoms with Gasteiger partial charge in [-0.15, -0.1) is 0 Å². The number of aliphatic hydroxyl groups excluding tert-OH is 1. The monoisotopic (exact) mass is 282 g/mol. The van der Waals surface area contributed by atoms with Crippen LogP contribution in [0.25, 0.3) is 0 Å². The minimum atomic E-state index is -0.546. The maximum absolute atomic E-state index is 10.1. The number of hydrogen-bond donors (Lipinski definition) is 2. The fourth-order valence-corrected chi connectivity index (χ4v) is 2.09. The Balaban J connectivity index is 2.40. The van der Waals surface area contributed by atoms with Gasteiger partial charge in [0.15, 0.2) is 0 Å². The fraction of sp³-hybridized carbons (Fsp3) is 0.600. The van der Waals surface area contributed by atoms with Gasteiger partial charge in [-0.2, -0.15) is 0 Å². The Labute approximate surface area is 121 Å². The number of rotatable bonds is 9. The summed E-state index contributed by atoms with van der Waals surface area (Å²) < 4.78 is 10.7. The Hall–Kier alpha value is -1.30. The van der Waals surface area contributed by atoms with Crippen molar-refractivity contribution in [3.05, 3.63) is 24.3 Å². The number of anilines is 1. The van der Waals surface area contributed by atoms with E-state index < -0.39 is 6.10 Å². The van der Waals surface area contributed by atoms with Crippen molar-refractivity contribution < 1.29 is 14.6 Å². The predicted molar refractivity (Wildman–Crippen MR) is 80.9 cm³/mol. The van der Waals surface area contributed by atoms with Gasteiger partial charge >= 0.3 is 0 Å². The highest BCUT2D eigenvalue weighted by atomic mass is 16.5. The van der Waals surface area contributed by atoms with Gasteiger partial charge < -0.3 is 20.3 Å². The van der Waals surface area contributed by atoms with Crippen LogP contribution in [0.3, 0.4) is 0 Å². The number of nitrogens with two attached hydrogens (primary N) is 1. The molecule has 5 heteroatoms. The van der Waals surface area contributed by atoms with E-state index >= 15 is 0 Å². The Morgan fingerprint density at radius 3 is 2.70 bits per heavy atom. The van der Waals surface area contributed by atoms with Crippen LogP contribution in [0.4, 0.5) is 5.69 Å². The van der Waals surface area contributed by atoms with E-state index in [4.69, 9.17) is 15.2 Å². The summed E-state index contributed by atoms with van der Waals surface area (Å²) in [6.45, 7) is 6.47. The van der Waals surface area contributed by atoms with Crippen LogP contribution in [0.15, 0.2) is 24.3 Å². The van der Waals surface area contributed by atoms with E-state index in [-0.39, 0.29) is 12.6 Å². The second kappa shape index (κ2) is 8.79. The summed E-state index contributed by atoms with van der Waals surface area (Å²) in [4.78, 5) is 2.16. The number of hydrogen-bond acceptors (Lipinski definition) is 5. The molecule has 1 aromatic carbocycles. The number of methoxy groups -OCH3 is 1. The molecule has 5 nitrogen and oxygen atoms in total. The summed E-state index contributed by atoms with van der Waals surface area (Å²) in [6.07, 6.45) is -0.546. The lowest BCUT2D eigenvalue weighted by molar-refractivity contribution is 0.0368. The Morgan fingerprint density at radius 2 is 2.10 bits per heavy atom. The molecule has 0 aliphatic carbocycles. The van der Waals surface area contributed by atoms with Gasteiger partial charge in [0.05, 0.1) is 6.61 Å². The first-order chi connectivity index (χ1) is 9.56. The van der Waals surface area contributed by atoms with Crippen LogP contribution >= 0.6 is 0 Å².